The van der Waals surface area contributed by atoms with Gasteiger partial charge in [0.1, 0.15) is 19.3 Å². The zero-order valence-electron chi connectivity index (χ0n) is 66.2. The van der Waals surface area contributed by atoms with Gasteiger partial charge in [0.25, 0.3) is 0 Å². The average molecular weight is 1510 g/mol. The molecule has 0 bridgehead atoms. The molecule has 0 rings (SSSR count). The number of hydrogen-bond donors (Lipinski definition) is 3. The van der Waals surface area contributed by atoms with E-state index >= 15 is 0 Å². The van der Waals surface area contributed by atoms with Crippen LogP contribution >= 0.6 is 15.6 Å². The number of aliphatic hydroxyl groups excluding tert-OH is 1. The van der Waals surface area contributed by atoms with Gasteiger partial charge in [0.2, 0.25) is 0 Å². The number of aliphatic hydroxyl groups is 1. The molecule has 5 atom stereocenters. The molecule has 19 heteroatoms. The predicted octanol–water partition coefficient (Wildman–Crippen LogP) is 24.6. The van der Waals surface area contributed by atoms with Crippen molar-refractivity contribution in [2.45, 2.75) is 393 Å². The van der Waals surface area contributed by atoms with Crippen molar-refractivity contribution in [1.29, 1.82) is 0 Å². The van der Waals surface area contributed by atoms with Crippen molar-refractivity contribution in [3.05, 3.63) is 85.1 Å². The van der Waals surface area contributed by atoms with Crippen molar-refractivity contribution < 1.29 is 80.2 Å². The van der Waals surface area contributed by atoms with Gasteiger partial charge in [0.15, 0.2) is 12.2 Å². The molecular formula is C85H152O17P2. The Morgan fingerprint density at radius 3 is 0.817 bits per heavy atom. The van der Waals surface area contributed by atoms with Crippen LogP contribution in [0.2, 0.25) is 0 Å². The summed E-state index contributed by atoms with van der Waals surface area (Å²) in [6.07, 6.45) is 81.3. The van der Waals surface area contributed by atoms with Crippen LogP contribution in [-0.4, -0.2) is 96.7 Å². The van der Waals surface area contributed by atoms with Crippen LogP contribution in [0.5, 0.6) is 0 Å². The second-order valence-corrected chi connectivity index (χ2v) is 31.0. The molecule has 0 amide bonds. The molecule has 2 unspecified atom stereocenters. The second kappa shape index (κ2) is 77.4. The molecule has 0 saturated carbocycles. The average Bonchev–Trinajstić information content (AvgIpc) is 0.918. The van der Waals surface area contributed by atoms with Crippen molar-refractivity contribution in [2.75, 3.05) is 39.6 Å². The Kier molecular flexibility index (Phi) is 74.6. The maximum Gasteiger partial charge on any atom is 0.472 e. The van der Waals surface area contributed by atoms with Crippen LogP contribution in [0, 0.1) is 0 Å². The smallest absolute Gasteiger partial charge is 0.462 e. The van der Waals surface area contributed by atoms with Gasteiger partial charge < -0.3 is 33.8 Å². The summed E-state index contributed by atoms with van der Waals surface area (Å²) < 4.78 is 68.6. The first-order chi connectivity index (χ1) is 50.7. The fraction of sp³-hybridized carbons (Fsp3) is 0.788. The van der Waals surface area contributed by atoms with Gasteiger partial charge in [-0.05, 0) is 116 Å². The lowest BCUT2D eigenvalue weighted by molar-refractivity contribution is -0.161. The highest BCUT2D eigenvalue weighted by Crippen LogP contribution is 2.45. The van der Waals surface area contributed by atoms with Gasteiger partial charge in [0.05, 0.1) is 26.4 Å². The second-order valence-electron chi connectivity index (χ2n) is 28.1. The van der Waals surface area contributed by atoms with Crippen molar-refractivity contribution in [3.63, 3.8) is 0 Å². The molecule has 0 aromatic rings. The lowest BCUT2D eigenvalue weighted by Crippen LogP contribution is -2.30. The molecule has 0 spiro atoms. The number of ether oxygens (including phenoxy) is 4. The fourth-order valence-corrected chi connectivity index (χ4v) is 13.0. The molecule has 3 N–H and O–H groups in total. The molecule has 0 aromatic heterocycles. The highest BCUT2D eigenvalue weighted by atomic mass is 31.2. The first kappa shape index (κ1) is 100. The molecule has 0 saturated heterocycles. The molecule has 0 aliphatic carbocycles. The molecule has 0 aliphatic rings. The number of phosphoric acid groups is 2. The van der Waals surface area contributed by atoms with Crippen LogP contribution in [0.3, 0.4) is 0 Å². The SMILES string of the molecule is CCCCC/C=C\C/C=C\C/C=C\C/C=C\C/C=C\CCC(=O)OC[C@H](COP(=O)(O)OC[C@@H](O)COP(=O)(O)OC[C@@H](COC(=O)CCCCCCC/C=C\CCCCCCCC)OC(=O)CCCCCCCCC/C=C\CCCCCC)OC(=O)CCCCCCCCCCCCCCCCC. The van der Waals surface area contributed by atoms with E-state index in [2.05, 4.69) is 101 Å². The first-order valence-electron chi connectivity index (χ1n) is 41.8. The van der Waals surface area contributed by atoms with Gasteiger partial charge in [-0.25, -0.2) is 9.13 Å². The molecule has 17 nitrogen and oxygen atoms in total. The quantitative estimate of drug-likeness (QED) is 0.0169. The van der Waals surface area contributed by atoms with Gasteiger partial charge >= 0.3 is 39.5 Å². The normalized spacial score (nSPS) is 14.3. The van der Waals surface area contributed by atoms with Crippen molar-refractivity contribution in [1.82, 2.24) is 0 Å². The Morgan fingerprint density at radius 1 is 0.269 bits per heavy atom. The van der Waals surface area contributed by atoms with Gasteiger partial charge in [-0.3, -0.25) is 37.3 Å². The summed E-state index contributed by atoms with van der Waals surface area (Å²) in [5, 5.41) is 10.7. The maximum absolute atomic E-state index is 13.1. The van der Waals surface area contributed by atoms with E-state index in [-0.39, 0.29) is 25.7 Å². The lowest BCUT2D eigenvalue weighted by Gasteiger charge is -2.21. The third-order valence-electron chi connectivity index (χ3n) is 17.8. The third-order valence-corrected chi connectivity index (χ3v) is 19.7. The van der Waals surface area contributed by atoms with E-state index in [9.17, 15) is 43.2 Å². The number of carbonyl (C=O) groups excluding carboxylic acids is 4. The van der Waals surface area contributed by atoms with Gasteiger partial charge in [-0.1, -0.05) is 318 Å². The standard InChI is InChI=1S/C85H152O17P2/c1-5-9-13-17-21-25-29-33-37-38-39-40-44-46-50-54-58-62-66-70-83(88)96-76-81(102-85(90)72-68-64-60-56-52-48-43-36-32-28-24-20-16-12-8-4)78-100-104(93,94)98-74-79(86)73-97-103(91,92)99-77-80(101-84(89)71-67-63-59-55-51-47-42-35-31-27-23-19-15-11-7-3)75-95-82(87)69-65-61-57-53-49-45-41-34-30-26-22-18-14-10-6-2/h21,25,27,31,33-34,37,39-41,46,50,58,62,79-81,86H,5-20,22-24,26,28-30,32,35-36,38,42-45,47-49,51-57,59-61,63-78H2,1-4H3,(H,91,92)(H,93,94)/b25-21-,31-27-,37-33-,40-39-,41-34-,50-46-,62-58-/t79-,80+,81+/m0/s1. The number of phosphoric ester groups is 2. The van der Waals surface area contributed by atoms with Gasteiger partial charge in [-0.15, -0.1) is 0 Å². The van der Waals surface area contributed by atoms with Crippen molar-refractivity contribution in [2.24, 2.45) is 0 Å². The minimum absolute atomic E-state index is 0.0411. The van der Waals surface area contributed by atoms with Crippen molar-refractivity contribution in [3.8, 4) is 0 Å². The number of allylic oxidation sites excluding steroid dienone is 14. The van der Waals surface area contributed by atoms with Gasteiger partial charge in [0, 0.05) is 25.7 Å². The number of hydrogen-bond acceptors (Lipinski definition) is 15. The Hall–Kier alpha value is -3.76. The van der Waals surface area contributed by atoms with Crippen LogP contribution in [0.25, 0.3) is 0 Å². The number of esters is 4. The number of rotatable bonds is 79. The number of carbonyl (C=O) groups is 4. The van der Waals surface area contributed by atoms with E-state index in [0.717, 1.165) is 141 Å². The zero-order chi connectivity index (χ0) is 76.0. The summed E-state index contributed by atoms with van der Waals surface area (Å²) in [5.41, 5.74) is 0. The zero-order valence-corrected chi connectivity index (χ0v) is 68.0. The predicted molar refractivity (Wildman–Crippen MR) is 427 cm³/mol. The highest BCUT2D eigenvalue weighted by Gasteiger charge is 2.30. The molecule has 104 heavy (non-hydrogen) atoms. The summed E-state index contributed by atoms with van der Waals surface area (Å²) in [5.74, 6) is -2.26. The Bertz CT molecular complexity index is 2300. The molecular weight excluding hydrogens is 1350 g/mol. The Morgan fingerprint density at radius 2 is 0.490 bits per heavy atom. The van der Waals surface area contributed by atoms with Crippen LogP contribution < -0.4 is 0 Å². The molecule has 0 heterocycles. The largest absolute Gasteiger partial charge is 0.472 e. The van der Waals surface area contributed by atoms with E-state index in [1.165, 1.54) is 148 Å². The Labute approximate surface area is 634 Å². The van der Waals surface area contributed by atoms with E-state index in [1.54, 1.807) is 0 Å². The fourth-order valence-electron chi connectivity index (χ4n) is 11.4. The topological polar surface area (TPSA) is 237 Å². The van der Waals surface area contributed by atoms with Crippen LogP contribution in [0.1, 0.15) is 374 Å². The highest BCUT2D eigenvalue weighted by molar-refractivity contribution is 7.47. The molecule has 0 fully saturated rings. The van der Waals surface area contributed by atoms with Crippen LogP contribution in [0.15, 0.2) is 85.1 Å². The summed E-state index contributed by atoms with van der Waals surface area (Å²) >= 11 is 0. The summed E-state index contributed by atoms with van der Waals surface area (Å²) in [7, 11) is -9.97. The molecule has 0 aliphatic heterocycles. The van der Waals surface area contributed by atoms with Crippen LogP contribution in [0.4, 0.5) is 0 Å². The van der Waals surface area contributed by atoms with Crippen LogP contribution in [-0.2, 0) is 65.4 Å². The minimum atomic E-state index is -4.99. The van der Waals surface area contributed by atoms with Gasteiger partial charge in [-0.2, -0.15) is 0 Å². The summed E-state index contributed by atoms with van der Waals surface area (Å²) in [6, 6.07) is 0. The third kappa shape index (κ3) is 76.4. The molecule has 0 radical (unpaired) electrons. The van der Waals surface area contributed by atoms with Crippen molar-refractivity contribution >= 4 is 39.5 Å². The lowest BCUT2D eigenvalue weighted by atomic mass is 10.0. The summed E-state index contributed by atoms with van der Waals surface area (Å²) in [6.45, 7) is 4.81. The van der Waals surface area contributed by atoms with E-state index in [4.69, 9.17) is 37.0 Å². The van der Waals surface area contributed by atoms with E-state index in [0.29, 0.717) is 32.1 Å². The first-order valence-corrected chi connectivity index (χ1v) is 44.8. The molecule has 0 aromatic carbocycles. The number of unbranched alkanes of at least 4 members (excludes halogenated alkanes) is 39. The van der Waals surface area contributed by atoms with E-state index in [1.807, 2.05) is 12.2 Å². The minimum Gasteiger partial charge on any atom is -0.462 e. The monoisotopic (exact) mass is 1510 g/mol. The maximum atomic E-state index is 13.1. The van der Waals surface area contributed by atoms with E-state index < -0.39 is 97.5 Å². The Balaban J connectivity index is 5.40. The summed E-state index contributed by atoms with van der Waals surface area (Å²) in [4.78, 5) is 73.1. The molecule has 604 valence electrons.